The Balaban J connectivity index is 1.34. The monoisotopic (exact) mass is 757 g/mol. The van der Waals surface area contributed by atoms with Gasteiger partial charge in [0.15, 0.2) is 11.5 Å². The van der Waals surface area contributed by atoms with Crippen LogP contribution in [0.3, 0.4) is 0 Å². The summed E-state index contributed by atoms with van der Waals surface area (Å²) in [4.78, 5) is 60.6. The van der Waals surface area contributed by atoms with Crippen molar-refractivity contribution in [3.8, 4) is 17.2 Å². The zero-order chi connectivity index (χ0) is 37.2. The maximum atomic E-state index is 15.5. The quantitative estimate of drug-likeness (QED) is 0.180. The van der Waals surface area contributed by atoms with E-state index in [4.69, 9.17) is 32.7 Å². The average molecular weight is 759 g/mol. The van der Waals surface area contributed by atoms with Crippen LogP contribution in [0.15, 0.2) is 72.3 Å². The van der Waals surface area contributed by atoms with Gasteiger partial charge in [0.25, 0.3) is 11.8 Å². The minimum Gasteiger partial charge on any atom is -0.504 e. The van der Waals surface area contributed by atoms with Gasteiger partial charge in [0.2, 0.25) is 11.8 Å². The van der Waals surface area contributed by atoms with E-state index in [0.29, 0.717) is 34.0 Å². The summed E-state index contributed by atoms with van der Waals surface area (Å²) in [6, 6.07) is 16.8. The molecule has 12 heteroatoms. The Hall–Kier alpha value is -4.54. The van der Waals surface area contributed by atoms with Crippen molar-refractivity contribution in [3.05, 3.63) is 93.5 Å². The third-order valence-electron chi connectivity index (χ3n) is 12.2. The summed E-state index contributed by atoms with van der Waals surface area (Å²) in [5, 5.41) is 13.6. The van der Waals surface area contributed by atoms with Crippen molar-refractivity contribution in [1.82, 2.24) is 9.91 Å². The molecule has 3 aliphatic carbocycles. The number of aromatic hydroxyl groups is 1. The first-order chi connectivity index (χ1) is 25.6. The van der Waals surface area contributed by atoms with Gasteiger partial charge >= 0.3 is 0 Å². The molecule has 0 bridgehead atoms. The molecule has 2 saturated heterocycles. The van der Waals surface area contributed by atoms with Crippen molar-refractivity contribution in [2.24, 2.45) is 23.7 Å². The number of para-hydroxylation sites is 1. The molecule has 2 saturated carbocycles. The second kappa shape index (κ2) is 13.7. The van der Waals surface area contributed by atoms with Crippen LogP contribution in [0.5, 0.6) is 17.2 Å². The van der Waals surface area contributed by atoms with Crippen LogP contribution >= 0.6 is 23.2 Å². The molecular weight excluding hydrogens is 717 g/mol. The first kappa shape index (κ1) is 35.5. The number of likely N-dealkylation sites (tertiary alicyclic amines) is 1. The van der Waals surface area contributed by atoms with Crippen LogP contribution < -0.4 is 14.9 Å². The first-order valence-electron chi connectivity index (χ1n) is 18.4. The van der Waals surface area contributed by atoms with Gasteiger partial charge in [-0.2, -0.15) is 5.01 Å². The maximum absolute atomic E-state index is 15.5. The zero-order valence-corrected chi connectivity index (χ0v) is 31.0. The number of nitrogens with zero attached hydrogens (tertiary/aromatic N) is 2. The molecule has 4 amide bonds. The van der Waals surface area contributed by atoms with E-state index in [0.717, 1.165) is 42.7 Å². The number of fused-ring (bicyclic) bond motifs is 4. The summed E-state index contributed by atoms with van der Waals surface area (Å²) in [6.45, 7) is 2.10. The Labute approximate surface area is 318 Å². The molecule has 276 valence electrons. The predicted octanol–water partition coefficient (Wildman–Crippen LogP) is 7.42. The minimum absolute atomic E-state index is 0.135. The lowest BCUT2D eigenvalue weighted by Gasteiger charge is -2.50. The van der Waals surface area contributed by atoms with E-state index in [1.54, 1.807) is 61.7 Å². The van der Waals surface area contributed by atoms with Crippen molar-refractivity contribution < 1.29 is 33.8 Å². The van der Waals surface area contributed by atoms with E-state index in [1.807, 2.05) is 13.0 Å². The van der Waals surface area contributed by atoms with E-state index in [1.165, 1.54) is 11.0 Å². The lowest BCUT2D eigenvalue weighted by Crippen LogP contribution is -2.53. The Morgan fingerprint density at radius 2 is 1.68 bits per heavy atom. The van der Waals surface area contributed by atoms with Gasteiger partial charge in [-0.3, -0.25) is 29.5 Å². The van der Waals surface area contributed by atoms with Crippen LogP contribution in [0.2, 0.25) is 10.0 Å². The standard InChI is InChI=1S/C41H41Cl2N3O7/c1-3-53-33-11-7-10-28(36(33)47)35-26-17-18-27-34(39(50)45(37(27)48)24-8-5-4-6-9-24)29(26)21-30-38(49)46(44-32-19-14-23(42)20-31(32)43)40(51)41(30,35)22-12-15-25(52-2)16-13-22/h7,10-17,19-20,24,27,29-30,34-35,44,47H,3-6,8-9,18,21H2,1-2H3. The van der Waals surface area contributed by atoms with E-state index in [2.05, 4.69) is 5.43 Å². The summed E-state index contributed by atoms with van der Waals surface area (Å²) >= 11 is 12.7. The number of methoxy groups -OCH3 is 1. The predicted molar refractivity (Wildman–Crippen MR) is 199 cm³/mol. The number of benzene rings is 3. The molecule has 2 aliphatic heterocycles. The van der Waals surface area contributed by atoms with E-state index in [-0.39, 0.29) is 47.4 Å². The van der Waals surface area contributed by atoms with Crippen LogP contribution in [0.1, 0.15) is 68.9 Å². The van der Waals surface area contributed by atoms with Crippen molar-refractivity contribution in [2.75, 3.05) is 19.1 Å². The van der Waals surface area contributed by atoms with Crippen molar-refractivity contribution in [1.29, 1.82) is 0 Å². The number of imide groups is 2. The number of halogens is 2. The van der Waals surface area contributed by atoms with E-state index >= 15 is 4.79 Å². The Kier molecular flexibility index (Phi) is 9.18. The van der Waals surface area contributed by atoms with Gasteiger partial charge in [-0.15, -0.1) is 0 Å². The number of hydrogen-bond donors (Lipinski definition) is 2. The van der Waals surface area contributed by atoms with Gasteiger partial charge in [0.05, 0.1) is 47.6 Å². The number of carbonyl (C=O) groups excluding carboxylic acids is 4. The molecule has 4 fully saturated rings. The molecule has 0 spiro atoms. The number of hydrogen-bond acceptors (Lipinski definition) is 8. The summed E-state index contributed by atoms with van der Waals surface area (Å²) < 4.78 is 11.3. The topological polar surface area (TPSA) is 125 Å². The fourth-order valence-corrected chi connectivity index (χ4v) is 10.4. The number of ether oxygens (including phenoxy) is 2. The van der Waals surface area contributed by atoms with Gasteiger partial charge < -0.3 is 14.6 Å². The van der Waals surface area contributed by atoms with Crippen molar-refractivity contribution in [2.45, 2.75) is 69.2 Å². The third kappa shape index (κ3) is 5.43. The largest absolute Gasteiger partial charge is 0.504 e. The highest BCUT2D eigenvalue weighted by molar-refractivity contribution is 6.36. The van der Waals surface area contributed by atoms with Crippen LogP contribution in [-0.2, 0) is 24.6 Å². The fourth-order valence-electron chi connectivity index (χ4n) is 9.96. The van der Waals surface area contributed by atoms with Crippen LogP contribution in [0.4, 0.5) is 5.69 Å². The summed E-state index contributed by atoms with van der Waals surface area (Å²) in [5.41, 5.74) is 3.39. The Morgan fingerprint density at radius 1 is 0.925 bits per heavy atom. The SMILES string of the molecule is CCOc1cccc(C2C3=CCC4C(=O)N(C5CCCCC5)C(=O)C4C3CC3C(=O)N(Nc4ccc(Cl)cc4Cl)C(=O)C32c2ccc(OC)cc2)c1O. The van der Waals surface area contributed by atoms with Gasteiger partial charge in [-0.05, 0) is 80.5 Å². The zero-order valence-electron chi connectivity index (χ0n) is 29.5. The number of anilines is 1. The van der Waals surface area contributed by atoms with Gasteiger partial charge in [-0.1, -0.05) is 78.4 Å². The molecule has 0 aromatic heterocycles. The van der Waals surface area contributed by atoms with E-state index < -0.39 is 46.8 Å². The molecule has 3 aromatic carbocycles. The molecule has 6 atom stereocenters. The highest BCUT2D eigenvalue weighted by Crippen LogP contribution is 2.65. The molecule has 2 heterocycles. The number of amides is 4. The summed E-state index contributed by atoms with van der Waals surface area (Å²) in [6.07, 6.45) is 7.01. The molecule has 53 heavy (non-hydrogen) atoms. The summed E-state index contributed by atoms with van der Waals surface area (Å²) in [7, 11) is 1.55. The number of nitrogens with one attached hydrogen (secondary N) is 1. The lowest BCUT2D eigenvalue weighted by atomic mass is 9.49. The van der Waals surface area contributed by atoms with Crippen LogP contribution in [0, 0.1) is 23.7 Å². The molecule has 5 aliphatic rings. The molecule has 6 unspecified atom stereocenters. The van der Waals surface area contributed by atoms with Crippen molar-refractivity contribution >= 4 is 52.5 Å². The Bertz CT molecular complexity index is 2030. The second-order valence-corrected chi connectivity index (χ2v) is 15.5. The molecule has 2 N–H and O–H groups in total. The number of phenols is 1. The normalized spacial score (nSPS) is 28.4. The lowest BCUT2D eigenvalue weighted by molar-refractivity contribution is -0.144. The number of carbonyl (C=O) groups is 4. The number of phenolic OH excluding ortho intramolecular Hbond substituents is 1. The first-order valence-corrected chi connectivity index (χ1v) is 19.1. The summed E-state index contributed by atoms with van der Waals surface area (Å²) in [5.74, 6) is -4.51. The Morgan fingerprint density at radius 3 is 2.38 bits per heavy atom. The number of rotatable bonds is 8. The van der Waals surface area contributed by atoms with Crippen LogP contribution in [0.25, 0.3) is 0 Å². The van der Waals surface area contributed by atoms with Gasteiger partial charge in [-0.25, -0.2) is 0 Å². The third-order valence-corrected chi connectivity index (χ3v) is 12.7. The second-order valence-electron chi connectivity index (χ2n) is 14.7. The molecule has 3 aromatic rings. The van der Waals surface area contributed by atoms with Crippen molar-refractivity contribution in [3.63, 3.8) is 0 Å². The highest BCUT2D eigenvalue weighted by atomic mass is 35.5. The molecule has 10 nitrogen and oxygen atoms in total. The highest BCUT2D eigenvalue weighted by Gasteiger charge is 2.71. The molecule has 0 radical (unpaired) electrons. The molecule has 8 rings (SSSR count). The maximum Gasteiger partial charge on any atom is 0.260 e. The number of hydrazine groups is 1. The molecular formula is C41H41Cl2N3O7. The number of allylic oxidation sites excluding steroid dienone is 2. The fraction of sp³-hybridized carbons (Fsp3) is 0.415. The average Bonchev–Trinajstić information content (AvgIpc) is 3.54. The van der Waals surface area contributed by atoms with Gasteiger partial charge in [0.1, 0.15) is 5.75 Å². The van der Waals surface area contributed by atoms with E-state index in [9.17, 15) is 19.5 Å². The van der Waals surface area contributed by atoms with Crippen LogP contribution in [-0.4, -0.2) is 58.4 Å². The smallest absolute Gasteiger partial charge is 0.260 e. The minimum atomic E-state index is -1.60. The van der Waals surface area contributed by atoms with Gasteiger partial charge in [0, 0.05) is 22.5 Å².